The first-order valence-corrected chi connectivity index (χ1v) is 11.7. The number of nitrogens with one attached hydrogen (secondary N) is 2. The summed E-state index contributed by atoms with van der Waals surface area (Å²) in [5, 5.41) is 54.7. The Morgan fingerprint density at radius 2 is 1.55 bits per heavy atom. The summed E-state index contributed by atoms with van der Waals surface area (Å²) in [5.74, 6) is -3.25. The van der Waals surface area contributed by atoms with E-state index in [1.165, 1.54) is 47.3 Å². The van der Waals surface area contributed by atoms with Gasteiger partial charge in [0.25, 0.3) is 0 Å². The summed E-state index contributed by atoms with van der Waals surface area (Å²) < 4.78 is 1.42. The Kier molecular flexibility index (Phi) is 6.64. The zero-order chi connectivity index (χ0) is 28.4. The van der Waals surface area contributed by atoms with Crippen molar-refractivity contribution in [1.82, 2.24) is 15.0 Å². The fourth-order valence-electron chi connectivity index (χ4n) is 4.07. The number of benzene rings is 4. The molecule has 6 N–H and O–H groups in total. The summed E-state index contributed by atoms with van der Waals surface area (Å²) in [5.41, 5.74) is 10.3. The maximum absolute atomic E-state index is 11.2. The van der Waals surface area contributed by atoms with Crippen LogP contribution in [0, 0.1) is 5.53 Å². The van der Waals surface area contributed by atoms with Crippen molar-refractivity contribution in [2.75, 3.05) is 5.32 Å². The van der Waals surface area contributed by atoms with Crippen LogP contribution in [0.1, 0.15) is 26.3 Å². The molecule has 0 spiro atoms. The summed E-state index contributed by atoms with van der Waals surface area (Å²) >= 11 is 0. The van der Waals surface area contributed by atoms with Gasteiger partial charge in [-0.15, -0.1) is 5.10 Å². The van der Waals surface area contributed by atoms with E-state index in [-0.39, 0.29) is 22.6 Å². The SMILES string of the molecule is N=N/C(=C\Nc1ccc(C(=O)O)c(O)c1)c1ccc2ccc(-c3cn(-c4ccc(C(=O)O)c(O)c4)nn3)cc2c1. The van der Waals surface area contributed by atoms with Gasteiger partial charge < -0.3 is 25.7 Å². The van der Waals surface area contributed by atoms with Gasteiger partial charge in [0.05, 0.1) is 11.9 Å². The van der Waals surface area contributed by atoms with Gasteiger partial charge in [-0.1, -0.05) is 29.5 Å². The minimum Gasteiger partial charge on any atom is -0.507 e. The topological polar surface area (TPSA) is 194 Å². The number of aromatic carboxylic acids is 2. The number of carbonyl (C=O) groups is 2. The third kappa shape index (κ3) is 5.04. The second kappa shape index (κ2) is 10.4. The lowest BCUT2D eigenvalue weighted by Gasteiger charge is -2.07. The van der Waals surface area contributed by atoms with E-state index in [0.29, 0.717) is 28.3 Å². The standard InChI is InChI=1S/C28H20N6O6/c29-31-23(13-30-19-5-7-21(27(37)38)25(35)11-19)16-3-1-15-2-4-17(10-18(15)9-16)24-14-34(33-32-24)20-6-8-22(28(39)40)26(36)12-20/h1-14,29-30,35-36H,(H,37,38)(H,39,40)/b23-13-,31-29?. The molecule has 0 radical (unpaired) electrons. The van der Waals surface area contributed by atoms with E-state index in [1.54, 1.807) is 6.20 Å². The maximum atomic E-state index is 11.2. The zero-order valence-corrected chi connectivity index (χ0v) is 20.5. The van der Waals surface area contributed by atoms with E-state index >= 15 is 0 Å². The Bertz CT molecular complexity index is 1840. The molecule has 0 aliphatic heterocycles. The molecular weight excluding hydrogens is 516 g/mol. The summed E-state index contributed by atoms with van der Waals surface area (Å²) in [4.78, 5) is 22.2. The van der Waals surface area contributed by atoms with Crippen LogP contribution in [0.15, 0.2) is 90.3 Å². The van der Waals surface area contributed by atoms with Crippen LogP contribution in [-0.4, -0.2) is 47.4 Å². The Hall–Kier alpha value is -6.04. The number of aromatic nitrogens is 3. The van der Waals surface area contributed by atoms with E-state index in [9.17, 15) is 19.8 Å². The summed E-state index contributed by atoms with van der Waals surface area (Å²) in [6, 6.07) is 19.3. The maximum Gasteiger partial charge on any atom is 0.339 e. The van der Waals surface area contributed by atoms with Gasteiger partial charge in [0.15, 0.2) is 0 Å². The van der Waals surface area contributed by atoms with Crippen LogP contribution >= 0.6 is 0 Å². The molecule has 0 unspecified atom stereocenters. The first kappa shape index (κ1) is 25.6. The van der Waals surface area contributed by atoms with Gasteiger partial charge in [-0.3, -0.25) is 0 Å². The third-order valence-electron chi connectivity index (χ3n) is 6.13. The van der Waals surface area contributed by atoms with Crippen molar-refractivity contribution in [3.05, 3.63) is 102 Å². The smallest absolute Gasteiger partial charge is 0.339 e. The van der Waals surface area contributed by atoms with Gasteiger partial charge in [-0.2, -0.15) is 5.11 Å². The van der Waals surface area contributed by atoms with Gasteiger partial charge in [-0.25, -0.2) is 19.8 Å². The number of rotatable bonds is 8. The average molecular weight is 537 g/mol. The fraction of sp³-hybridized carbons (Fsp3) is 0. The normalized spacial score (nSPS) is 11.3. The van der Waals surface area contributed by atoms with Gasteiger partial charge in [-0.05, 0) is 47.2 Å². The third-order valence-corrected chi connectivity index (χ3v) is 6.13. The second-order valence-corrected chi connectivity index (χ2v) is 8.65. The summed E-state index contributed by atoms with van der Waals surface area (Å²) in [6.07, 6.45) is 3.13. The molecule has 0 atom stereocenters. The molecule has 1 aromatic heterocycles. The minimum atomic E-state index is -1.24. The summed E-state index contributed by atoms with van der Waals surface area (Å²) in [7, 11) is 0. The van der Waals surface area contributed by atoms with E-state index in [1.807, 2.05) is 36.4 Å². The van der Waals surface area contributed by atoms with Crippen molar-refractivity contribution in [3.8, 4) is 28.4 Å². The number of carboxylic acid groups (broad SMARTS) is 2. The fourth-order valence-corrected chi connectivity index (χ4v) is 4.07. The van der Waals surface area contributed by atoms with Crippen LogP contribution in [0.3, 0.4) is 0 Å². The number of nitrogens with zero attached hydrogens (tertiary/aromatic N) is 4. The number of hydrogen-bond acceptors (Lipinski definition) is 9. The van der Waals surface area contributed by atoms with Crippen molar-refractivity contribution < 1.29 is 30.0 Å². The number of phenols is 2. The summed E-state index contributed by atoms with van der Waals surface area (Å²) in [6.45, 7) is 0. The molecule has 4 aromatic carbocycles. The molecule has 0 fully saturated rings. The van der Waals surface area contributed by atoms with Crippen LogP contribution < -0.4 is 5.32 Å². The molecule has 198 valence electrons. The van der Waals surface area contributed by atoms with E-state index in [4.69, 9.17) is 15.7 Å². The van der Waals surface area contributed by atoms with Crippen molar-refractivity contribution in [2.24, 2.45) is 5.11 Å². The second-order valence-electron chi connectivity index (χ2n) is 8.65. The number of fused-ring (bicyclic) bond motifs is 1. The molecule has 1 heterocycles. The molecule has 5 rings (SSSR count). The van der Waals surface area contributed by atoms with Gasteiger partial charge in [0, 0.05) is 35.1 Å². The quantitative estimate of drug-likeness (QED) is 0.142. The van der Waals surface area contributed by atoms with E-state index < -0.39 is 11.9 Å². The van der Waals surface area contributed by atoms with Crippen molar-refractivity contribution in [2.45, 2.75) is 0 Å². The Morgan fingerprint density at radius 1 is 0.850 bits per heavy atom. The largest absolute Gasteiger partial charge is 0.507 e. The lowest BCUT2D eigenvalue weighted by molar-refractivity contribution is 0.0682. The number of carboxylic acids is 2. The Balaban J connectivity index is 1.42. The van der Waals surface area contributed by atoms with Gasteiger partial charge in [0.1, 0.15) is 34.0 Å². The highest BCUT2D eigenvalue weighted by Crippen LogP contribution is 2.28. The molecule has 12 heteroatoms. The minimum absolute atomic E-state index is 0.216. The van der Waals surface area contributed by atoms with Crippen LogP contribution in [0.2, 0.25) is 0 Å². The first-order valence-electron chi connectivity index (χ1n) is 11.7. The highest BCUT2D eigenvalue weighted by molar-refractivity contribution is 5.92. The Morgan fingerprint density at radius 3 is 2.23 bits per heavy atom. The first-order chi connectivity index (χ1) is 19.2. The predicted octanol–water partition coefficient (Wildman–Crippen LogP) is 5.34. The lowest BCUT2D eigenvalue weighted by atomic mass is 10.0. The van der Waals surface area contributed by atoms with Crippen LogP contribution in [0.5, 0.6) is 11.5 Å². The molecule has 0 saturated carbocycles. The molecular formula is C28H20N6O6. The molecule has 5 aromatic rings. The van der Waals surface area contributed by atoms with Crippen molar-refractivity contribution in [1.29, 1.82) is 5.53 Å². The zero-order valence-electron chi connectivity index (χ0n) is 20.5. The predicted molar refractivity (Wildman–Crippen MR) is 145 cm³/mol. The monoisotopic (exact) mass is 536 g/mol. The van der Waals surface area contributed by atoms with Gasteiger partial charge in [0.2, 0.25) is 0 Å². The number of hydrogen-bond donors (Lipinski definition) is 6. The Labute approximate surface area is 225 Å². The van der Waals surface area contributed by atoms with E-state index in [0.717, 1.165) is 16.3 Å². The van der Waals surface area contributed by atoms with Crippen LogP contribution in [0.4, 0.5) is 5.69 Å². The van der Waals surface area contributed by atoms with E-state index in [2.05, 4.69) is 20.7 Å². The highest BCUT2D eigenvalue weighted by Gasteiger charge is 2.13. The lowest BCUT2D eigenvalue weighted by Crippen LogP contribution is -1.99. The van der Waals surface area contributed by atoms with Crippen LogP contribution in [0.25, 0.3) is 33.4 Å². The molecule has 0 saturated heterocycles. The van der Waals surface area contributed by atoms with Crippen molar-refractivity contribution >= 4 is 34.1 Å². The molecule has 12 nitrogen and oxygen atoms in total. The molecule has 0 aliphatic carbocycles. The number of anilines is 1. The average Bonchev–Trinajstić information content (AvgIpc) is 3.43. The molecule has 0 amide bonds. The van der Waals surface area contributed by atoms with Crippen LogP contribution in [-0.2, 0) is 0 Å². The molecule has 0 bridgehead atoms. The highest BCUT2D eigenvalue weighted by atomic mass is 16.4. The van der Waals surface area contributed by atoms with Crippen molar-refractivity contribution in [3.63, 3.8) is 0 Å². The van der Waals surface area contributed by atoms with Gasteiger partial charge >= 0.3 is 11.9 Å². The molecule has 40 heavy (non-hydrogen) atoms. The number of aromatic hydroxyl groups is 2. The molecule has 0 aliphatic rings.